The molecule has 0 saturated heterocycles. The van der Waals surface area contributed by atoms with Gasteiger partial charge in [0.05, 0.1) is 15.1 Å². The van der Waals surface area contributed by atoms with Gasteiger partial charge in [0.2, 0.25) is 0 Å². The molecule has 16 heavy (non-hydrogen) atoms. The highest BCUT2D eigenvalue weighted by atomic mass is 35.5. The molecule has 0 radical (unpaired) electrons. The molecular formula is C6H2Cl3O5S2-. The summed E-state index contributed by atoms with van der Waals surface area (Å²) in [5, 5.41) is -0.348. The van der Waals surface area contributed by atoms with Crippen LogP contribution in [0, 0.1) is 0 Å². The molecule has 1 rings (SSSR count). The summed E-state index contributed by atoms with van der Waals surface area (Å²) in [6.45, 7) is 0. The Labute approximate surface area is 109 Å². The molecule has 1 atom stereocenters. The van der Waals surface area contributed by atoms with E-state index in [1.54, 1.807) is 0 Å². The van der Waals surface area contributed by atoms with Gasteiger partial charge in [0, 0.05) is 0 Å². The molecule has 0 amide bonds. The molecule has 0 aromatic heterocycles. The summed E-state index contributed by atoms with van der Waals surface area (Å²) in [5.74, 6) is 0. The predicted octanol–water partition coefficient (Wildman–Crippen LogP) is 2.15. The summed E-state index contributed by atoms with van der Waals surface area (Å²) < 4.78 is 46.6. The lowest BCUT2D eigenvalue weighted by atomic mass is 10.4. The van der Waals surface area contributed by atoms with Gasteiger partial charge in [0.25, 0.3) is 0 Å². The maximum absolute atomic E-state index is 11.3. The summed E-state index contributed by atoms with van der Waals surface area (Å²) in [4.78, 5) is -0.576. The first-order chi connectivity index (χ1) is 7.24. The minimum atomic E-state index is -4.52. The Balaban J connectivity index is 3.34. The van der Waals surface area contributed by atoms with E-state index in [2.05, 4.69) is 3.63 Å². The molecule has 10 heteroatoms. The maximum Gasteiger partial charge on any atom is 0.310 e. The van der Waals surface area contributed by atoms with Crippen molar-refractivity contribution in [3.05, 3.63) is 27.2 Å². The van der Waals surface area contributed by atoms with Crippen LogP contribution in [0.1, 0.15) is 0 Å². The first-order valence-electron chi connectivity index (χ1n) is 3.43. The fraction of sp³-hybridized carbons (Fsp3) is 0. The number of benzene rings is 1. The zero-order valence-electron chi connectivity index (χ0n) is 7.15. The quantitative estimate of drug-likeness (QED) is 0.628. The Bertz CT molecular complexity index is 541. The van der Waals surface area contributed by atoms with Crippen LogP contribution in [0.3, 0.4) is 0 Å². The lowest BCUT2D eigenvalue weighted by Gasteiger charge is -2.08. The van der Waals surface area contributed by atoms with Crippen molar-refractivity contribution in [2.45, 2.75) is 4.90 Å². The van der Waals surface area contributed by atoms with Crippen LogP contribution in [0.2, 0.25) is 15.1 Å². The molecule has 0 bridgehead atoms. The number of halogens is 3. The smallest absolute Gasteiger partial charge is 0.310 e. The molecule has 5 nitrogen and oxygen atoms in total. The third-order valence-electron chi connectivity index (χ3n) is 1.39. The minimum absolute atomic E-state index is 0.0360. The Hall–Kier alpha value is 0.110. The summed E-state index contributed by atoms with van der Waals surface area (Å²) in [7, 11) is -4.52. The molecule has 0 heterocycles. The van der Waals surface area contributed by atoms with Crippen molar-refractivity contribution in [1.29, 1.82) is 0 Å². The second kappa shape index (κ2) is 5.18. The van der Waals surface area contributed by atoms with E-state index < -0.39 is 26.4 Å². The summed E-state index contributed by atoms with van der Waals surface area (Å²) in [5.41, 5.74) is 0. The van der Waals surface area contributed by atoms with Crippen molar-refractivity contribution in [2.24, 2.45) is 0 Å². The molecule has 1 aromatic carbocycles. The monoisotopic (exact) mass is 323 g/mol. The van der Waals surface area contributed by atoms with E-state index in [-0.39, 0.29) is 15.1 Å². The van der Waals surface area contributed by atoms with Crippen molar-refractivity contribution in [3.8, 4) is 0 Å². The molecule has 0 saturated carbocycles. The van der Waals surface area contributed by atoms with Crippen LogP contribution < -0.4 is 0 Å². The second-order valence-corrected chi connectivity index (χ2v) is 5.95. The molecule has 0 aliphatic heterocycles. The van der Waals surface area contributed by atoms with Gasteiger partial charge in [-0.25, -0.2) is 4.21 Å². The summed E-state index contributed by atoms with van der Waals surface area (Å²) in [6, 6.07) is 1.96. The Kier molecular flexibility index (Phi) is 4.58. The third-order valence-corrected chi connectivity index (χ3v) is 4.57. The number of hydrogen-bond acceptors (Lipinski definition) is 5. The lowest BCUT2D eigenvalue weighted by molar-refractivity contribution is 0.429. The predicted molar refractivity (Wildman–Crippen MR) is 58.7 cm³/mol. The van der Waals surface area contributed by atoms with Crippen LogP contribution in [-0.4, -0.2) is 17.2 Å². The lowest BCUT2D eigenvalue weighted by Crippen LogP contribution is -2.09. The molecule has 0 fully saturated rings. The zero-order valence-corrected chi connectivity index (χ0v) is 11.0. The van der Waals surface area contributed by atoms with E-state index in [0.717, 1.165) is 12.1 Å². The van der Waals surface area contributed by atoms with E-state index >= 15 is 0 Å². The van der Waals surface area contributed by atoms with E-state index in [1.807, 2.05) is 0 Å². The highest BCUT2D eigenvalue weighted by Gasteiger charge is 2.21. The molecule has 0 aliphatic carbocycles. The fourth-order valence-corrected chi connectivity index (χ4v) is 3.14. The van der Waals surface area contributed by atoms with Gasteiger partial charge < -0.3 is 4.55 Å². The van der Waals surface area contributed by atoms with Crippen molar-refractivity contribution in [3.63, 3.8) is 0 Å². The van der Waals surface area contributed by atoms with E-state index in [1.165, 1.54) is 0 Å². The van der Waals surface area contributed by atoms with Gasteiger partial charge in [0.1, 0.15) is 16.3 Å². The van der Waals surface area contributed by atoms with Crippen LogP contribution in [0.5, 0.6) is 0 Å². The van der Waals surface area contributed by atoms with E-state index in [9.17, 15) is 17.2 Å². The zero-order chi connectivity index (χ0) is 12.5. The van der Waals surface area contributed by atoms with Crippen molar-refractivity contribution in [1.82, 2.24) is 0 Å². The summed E-state index contributed by atoms with van der Waals surface area (Å²) >= 11 is 13.5. The van der Waals surface area contributed by atoms with Crippen LogP contribution in [-0.2, 0) is 25.1 Å². The number of hydrogen-bond donors (Lipinski definition) is 0. The summed E-state index contributed by atoms with van der Waals surface area (Å²) in [6.07, 6.45) is 0. The standard InChI is InChI=1S/C6H3Cl3O5S2/c7-3-1-5(9)6(2-4(3)8)16(12,13)14-15(10)11/h1-2H,(H,10,11)/p-1. The van der Waals surface area contributed by atoms with Crippen LogP contribution >= 0.6 is 34.8 Å². The molecule has 90 valence electrons. The highest BCUT2D eigenvalue weighted by Crippen LogP contribution is 2.32. The molecule has 1 unspecified atom stereocenters. The average molecular weight is 325 g/mol. The van der Waals surface area contributed by atoms with Crippen molar-refractivity contribution < 1.29 is 20.8 Å². The third kappa shape index (κ3) is 3.30. The van der Waals surface area contributed by atoms with E-state index in [0.29, 0.717) is 0 Å². The normalized spacial score (nSPS) is 13.8. The first kappa shape index (κ1) is 14.2. The Morgan fingerprint density at radius 2 is 1.62 bits per heavy atom. The molecule has 1 aromatic rings. The average Bonchev–Trinajstić information content (AvgIpc) is 2.08. The van der Waals surface area contributed by atoms with Gasteiger partial charge >= 0.3 is 10.1 Å². The van der Waals surface area contributed by atoms with Crippen LogP contribution in [0.15, 0.2) is 17.0 Å². The molecule has 0 spiro atoms. The van der Waals surface area contributed by atoms with Gasteiger partial charge in [-0.3, -0.25) is 0 Å². The Morgan fingerprint density at radius 3 is 2.12 bits per heavy atom. The maximum atomic E-state index is 11.3. The first-order valence-corrected chi connectivity index (χ1v) is 6.97. The van der Waals surface area contributed by atoms with Gasteiger partial charge in [0.15, 0.2) is 0 Å². The number of rotatable bonds is 3. The SMILES string of the molecule is O=S([O-])OS(=O)(=O)c1cc(Cl)c(Cl)cc1Cl. The molecular weight excluding hydrogens is 323 g/mol. The largest absolute Gasteiger partial charge is 0.749 e. The van der Waals surface area contributed by atoms with Crippen molar-refractivity contribution in [2.75, 3.05) is 0 Å². The van der Waals surface area contributed by atoms with Gasteiger partial charge in [-0.15, -0.1) is 0 Å². The highest BCUT2D eigenvalue weighted by molar-refractivity contribution is 7.95. The van der Waals surface area contributed by atoms with Crippen molar-refractivity contribution >= 4 is 56.3 Å². The molecule has 0 N–H and O–H groups in total. The van der Waals surface area contributed by atoms with Gasteiger partial charge in [-0.2, -0.15) is 12.0 Å². The van der Waals surface area contributed by atoms with Crippen LogP contribution in [0.25, 0.3) is 0 Å². The van der Waals surface area contributed by atoms with Gasteiger partial charge in [-0.05, 0) is 12.1 Å². The van der Waals surface area contributed by atoms with Gasteiger partial charge in [-0.1, -0.05) is 34.8 Å². The van der Waals surface area contributed by atoms with Crippen LogP contribution in [0.4, 0.5) is 0 Å². The Morgan fingerprint density at radius 1 is 1.12 bits per heavy atom. The molecule has 0 aliphatic rings. The minimum Gasteiger partial charge on any atom is -0.749 e. The topological polar surface area (TPSA) is 83.5 Å². The van der Waals surface area contributed by atoms with E-state index in [4.69, 9.17) is 34.8 Å². The fourth-order valence-electron chi connectivity index (χ4n) is 0.806. The second-order valence-electron chi connectivity index (χ2n) is 2.42.